The van der Waals surface area contributed by atoms with Gasteiger partial charge in [0.15, 0.2) is 5.71 Å². The molecule has 23 heavy (non-hydrogen) atoms. The predicted molar refractivity (Wildman–Crippen MR) is 80.0 cm³/mol. The maximum Gasteiger partial charge on any atom is 0.355 e. The first-order chi connectivity index (χ1) is 11.1. The van der Waals surface area contributed by atoms with Crippen molar-refractivity contribution >= 4 is 29.2 Å². The molecule has 1 N–H and O–H groups in total. The third kappa shape index (κ3) is 2.32. The smallest absolute Gasteiger partial charge is 0.355 e. The second-order valence-electron chi connectivity index (χ2n) is 5.01. The number of hydrogen-bond donors (Lipinski definition) is 1. The quantitative estimate of drug-likeness (QED) is 0.624. The lowest BCUT2D eigenvalue weighted by Gasteiger charge is -2.16. The molecular formula is C15H15N3O5. The van der Waals surface area contributed by atoms with Crippen molar-refractivity contribution < 1.29 is 23.9 Å². The Bertz CT molecular complexity index is 698. The summed E-state index contributed by atoms with van der Waals surface area (Å²) in [7, 11) is 1.53. The van der Waals surface area contributed by atoms with Crippen molar-refractivity contribution in [2.75, 3.05) is 18.6 Å². The van der Waals surface area contributed by atoms with Crippen molar-refractivity contribution in [2.24, 2.45) is 11.0 Å². The topological polar surface area (TPSA) is 97.3 Å². The molecule has 2 atom stereocenters. The molecule has 1 fully saturated rings. The van der Waals surface area contributed by atoms with Gasteiger partial charge in [0, 0.05) is 0 Å². The summed E-state index contributed by atoms with van der Waals surface area (Å²) < 4.78 is 9.93. The second kappa shape index (κ2) is 5.71. The number of methoxy groups -OCH3 is 1. The molecule has 0 saturated carbocycles. The van der Waals surface area contributed by atoms with Gasteiger partial charge in [-0.05, 0) is 31.2 Å². The number of rotatable bonds is 4. The van der Waals surface area contributed by atoms with Gasteiger partial charge < -0.3 is 9.47 Å². The summed E-state index contributed by atoms with van der Waals surface area (Å²) in [5, 5.41) is 3.80. The molecule has 3 rings (SSSR count). The zero-order valence-corrected chi connectivity index (χ0v) is 12.6. The molecule has 0 aliphatic carbocycles. The number of anilines is 1. The van der Waals surface area contributed by atoms with E-state index in [0.29, 0.717) is 11.4 Å². The SMILES string of the molecule is CCOC(=O)C1=NNC2C(=O)N(c3ccc(OC)cc3)C(=O)C12. The number of nitrogens with zero attached hydrogens (tertiary/aromatic N) is 2. The number of hydrogen-bond acceptors (Lipinski definition) is 7. The largest absolute Gasteiger partial charge is 0.497 e. The van der Waals surface area contributed by atoms with Crippen LogP contribution >= 0.6 is 0 Å². The molecule has 2 heterocycles. The van der Waals surface area contributed by atoms with Crippen LogP contribution in [0.2, 0.25) is 0 Å². The number of esters is 1. The van der Waals surface area contributed by atoms with Crippen LogP contribution in [0.1, 0.15) is 6.92 Å². The lowest BCUT2D eigenvalue weighted by atomic mass is 9.99. The molecule has 1 aromatic rings. The molecule has 2 aliphatic rings. The molecule has 0 radical (unpaired) electrons. The van der Waals surface area contributed by atoms with Crippen LogP contribution < -0.4 is 15.1 Å². The number of carbonyl (C=O) groups excluding carboxylic acids is 3. The van der Waals surface area contributed by atoms with Crippen molar-refractivity contribution in [3.63, 3.8) is 0 Å². The number of benzene rings is 1. The molecule has 8 heteroatoms. The number of amides is 2. The Kier molecular flexibility index (Phi) is 3.73. The van der Waals surface area contributed by atoms with Gasteiger partial charge in [0.05, 0.1) is 19.4 Å². The van der Waals surface area contributed by atoms with Crippen LogP contribution in [0.25, 0.3) is 0 Å². The van der Waals surface area contributed by atoms with Gasteiger partial charge in [0.1, 0.15) is 17.7 Å². The van der Waals surface area contributed by atoms with Crippen LogP contribution in [0.5, 0.6) is 5.75 Å². The highest BCUT2D eigenvalue weighted by atomic mass is 16.5. The van der Waals surface area contributed by atoms with Gasteiger partial charge in [-0.1, -0.05) is 0 Å². The average Bonchev–Trinajstić information content (AvgIpc) is 3.09. The molecule has 0 bridgehead atoms. The molecule has 2 amide bonds. The molecule has 0 spiro atoms. The molecule has 1 aromatic carbocycles. The minimum absolute atomic E-state index is 0.0637. The molecule has 120 valence electrons. The van der Waals surface area contributed by atoms with E-state index in [0.717, 1.165) is 4.90 Å². The van der Waals surface area contributed by atoms with Gasteiger partial charge in [0.25, 0.3) is 5.91 Å². The standard InChI is InChI=1S/C15H15N3O5/c1-3-23-15(21)12-10-11(16-17-12)14(20)18(13(10)19)8-4-6-9(22-2)7-5-8/h4-7,10-11,16H,3H2,1-2H3. The monoisotopic (exact) mass is 317 g/mol. The second-order valence-corrected chi connectivity index (χ2v) is 5.01. The number of hydrazone groups is 1. The van der Waals surface area contributed by atoms with E-state index in [9.17, 15) is 14.4 Å². The van der Waals surface area contributed by atoms with Crippen LogP contribution in [0.3, 0.4) is 0 Å². The van der Waals surface area contributed by atoms with Crippen molar-refractivity contribution in [1.29, 1.82) is 0 Å². The van der Waals surface area contributed by atoms with E-state index in [1.54, 1.807) is 31.2 Å². The predicted octanol–water partition coefficient (Wildman–Crippen LogP) is 0.0755. The Morgan fingerprint density at radius 2 is 1.96 bits per heavy atom. The summed E-state index contributed by atoms with van der Waals surface area (Å²) in [6, 6.07) is 5.65. The summed E-state index contributed by atoms with van der Waals surface area (Å²) in [4.78, 5) is 38.0. The van der Waals surface area contributed by atoms with Crippen LogP contribution in [-0.4, -0.2) is 43.3 Å². The van der Waals surface area contributed by atoms with Gasteiger partial charge in [-0.15, -0.1) is 0 Å². The first kappa shape index (κ1) is 15.0. The highest BCUT2D eigenvalue weighted by Gasteiger charge is 2.55. The highest BCUT2D eigenvalue weighted by Crippen LogP contribution is 2.31. The summed E-state index contributed by atoms with van der Waals surface area (Å²) in [6.45, 7) is 1.82. The number of fused-ring (bicyclic) bond motifs is 1. The van der Waals surface area contributed by atoms with E-state index in [2.05, 4.69) is 10.5 Å². The zero-order valence-electron chi connectivity index (χ0n) is 12.6. The van der Waals surface area contributed by atoms with Crippen LogP contribution in [0, 0.1) is 5.92 Å². The van der Waals surface area contributed by atoms with E-state index >= 15 is 0 Å². The molecule has 0 aromatic heterocycles. The minimum atomic E-state index is -0.955. The van der Waals surface area contributed by atoms with Crippen molar-refractivity contribution in [2.45, 2.75) is 13.0 Å². The highest BCUT2D eigenvalue weighted by molar-refractivity contribution is 6.46. The average molecular weight is 317 g/mol. The maximum absolute atomic E-state index is 12.6. The number of nitrogens with one attached hydrogen (secondary N) is 1. The van der Waals surface area contributed by atoms with Crippen molar-refractivity contribution in [3.8, 4) is 5.75 Å². The Morgan fingerprint density at radius 1 is 1.26 bits per heavy atom. The summed E-state index contributed by atoms with van der Waals surface area (Å²) in [6.07, 6.45) is 0. The Morgan fingerprint density at radius 3 is 2.57 bits per heavy atom. The fourth-order valence-corrected chi connectivity index (χ4v) is 2.65. The van der Waals surface area contributed by atoms with E-state index in [-0.39, 0.29) is 12.3 Å². The molecule has 1 saturated heterocycles. The Labute approximate surface area is 132 Å². The fourth-order valence-electron chi connectivity index (χ4n) is 2.65. The van der Waals surface area contributed by atoms with Gasteiger partial charge >= 0.3 is 5.97 Å². The number of ether oxygens (including phenoxy) is 2. The Balaban J connectivity index is 1.88. The third-order valence-electron chi connectivity index (χ3n) is 3.74. The van der Waals surface area contributed by atoms with Crippen molar-refractivity contribution in [3.05, 3.63) is 24.3 Å². The molecule has 8 nitrogen and oxygen atoms in total. The summed E-state index contributed by atoms with van der Waals surface area (Å²) in [5.74, 6) is -1.98. The van der Waals surface area contributed by atoms with Gasteiger partial charge in [-0.3, -0.25) is 15.0 Å². The van der Waals surface area contributed by atoms with Crippen LogP contribution in [-0.2, 0) is 19.1 Å². The summed E-state index contributed by atoms with van der Waals surface area (Å²) in [5.41, 5.74) is 2.91. The van der Waals surface area contributed by atoms with Gasteiger partial charge in [-0.25, -0.2) is 9.69 Å². The normalized spacial score (nSPS) is 22.5. The van der Waals surface area contributed by atoms with Crippen molar-refractivity contribution in [1.82, 2.24) is 5.43 Å². The lowest BCUT2D eigenvalue weighted by Crippen LogP contribution is -2.36. The molecular weight excluding hydrogens is 302 g/mol. The van der Waals surface area contributed by atoms with Gasteiger partial charge in [-0.2, -0.15) is 5.10 Å². The molecule has 2 unspecified atom stereocenters. The van der Waals surface area contributed by atoms with E-state index < -0.39 is 29.7 Å². The number of carbonyl (C=O) groups is 3. The fraction of sp³-hybridized carbons (Fsp3) is 0.333. The van der Waals surface area contributed by atoms with Crippen LogP contribution in [0.15, 0.2) is 29.4 Å². The Hall–Kier alpha value is -2.90. The molecule has 2 aliphatic heterocycles. The first-order valence-corrected chi connectivity index (χ1v) is 7.10. The van der Waals surface area contributed by atoms with E-state index in [4.69, 9.17) is 9.47 Å². The number of imide groups is 1. The van der Waals surface area contributed by atoms with E-state index in [1.807, 2.05) is 0 Å². The van der Waals surface area contributed by atoms with Crippen LogP contribution in [0.4, 0.5) is 5.69 Å². The zero-order chi connectivity index (χ0) is 16.6. The van der Waals surface area contributed by atoms with Gasteiger partial charge in [0.2, 0.25) is 5.91 Å². The third-order valence-corrected chi connectivity index (χ3v) is 3.74. The lowest BCUT2D eigenvalue weighted by molar-refractivity contribution is -0.136. The minimum Gasteiger partial charge on any atom is -0.497 e. The first-order valence-electron chi connectivity index (χ1n) is 7.10. The maximum atomic E-state index is 12.6. The van der Waals surface area contributed by atoms with E-state index in [1.165, 1.54) is 7.11 Å². The summed E-state index contributed by atoms with van der Waals surface area (Å²) >= 11 is 0.